The van der Waals surface area contributed by atoms with E-state index in [1.54, 1.807) is 7.05 Å². The third kappa shape index (κ3) is 9.05. The molecule has 6 N–H and O–H groups in total. The second-order valence-electron chi connectivity index (χ2n) is 13.2. The number of hydrogen-bond acceptors (Lipinski definition) is 6. The largest absolute Gasteiger partial charge is 0.381 e. The number of nitrogens with zero attached hydrogens (tertiary/aromatic N) is 1. The fourth-order valence-electron chi connectivity index (χ4n) is 6.01. The van der Waals surface area contributed by atoms with Crippen molar-refractivity contribution in [3.05, 3.63) is 0 Å². The predicted octanol–water partition coefficient (Wildman–Crippen LogP) is 1.31. The molecule has 12 heteroatoms. The van der Waals surface area contributed by atoms with Gasteiger partial charge in [0, 0.05) is 19.6 Å². The number of amides is 6. The molecule has 1 saturated heterocycles. The van der Waals surface area contributed by atoms with Crippen LogP contribution in [-0.2, 0) is 19.2 Å². The van der Waals surface area contributed by atoms with Crippen LogP contribution in [0.25, 0.3) is 0 Å². The van der Waals surface area contributed by atoms with Crippen LogP contribution < -0.4 is 26.6 Å². The molecule has 1 heterocycles. The smallest absolute Gasteiger partial charge is 0.318 e. The average Bonchev–Trinajstić information content (AvgIpc) is 3.63. The minimum Gasteiger partial charge on any atom is -0.381 e. The standard InChI is InChI=1S/C30H52N6O6/c1-6-11-20(23(37)27(40)32-19-15-16-19)33-29(42)36-17-10-14-21(36)25(38)35-24(30(2,3)4)28(41)34-22(26(39)31-5)18-12-8-7-9-13-18/h18-24,37H,6-17H2,1-5H3,(H,31,39)(H,32,40)(H,33,42)(H,34,41)(H,35,38)/t20-,21+,22-,23?,24+/m0/s1. The summed E-state index contributed by atoms with van der Waals surface area (Å²) < 4.78 is 0. The van der Waals surface area contributed by atoms with Crippen LogP contribution in [0.2, 0.25) is 0 Å². The van der Waals surface area contributed by atoms with Gasteiger partial charge in [0.05, 0.1) is 6.04 Å². The maximum absolute atomic E-state index is 13.6. The first kappa shape index (κ1) is 33.6. The van der Waals surface area contributed by atoms with Gasteiger partial charge in [-0.05, 0) is 56.3 Å². The summed E-state index contributed by atoms with van der Waals surface area (Å²) in [5, 5.41) is 24.7. The fourth-order valence-corrected chi connectivity index (χ4v) is 6.01. The number of aliphatic hydroxyl groups is 1. The first-order valence-electron chi connectivity index (χ1n) is 15.7. The maximum atomic E-state index is 13.6. The molecule has 42 heavy (non-hydrogen) atoms. The van der Waals surface area contributed by atoms with Crippen molar-refractivity contribution < 1.29 is 29.1 Å². The van der Waals surface area contributed by atoms with Gasteiger partial charge in [0.25, 0.3) is 5.91 Å². The molecule has 3 aliphatic rings. The van der Waals surface area contributed by atoms with Crippen LogP contribution >= 0.6 is 0 Å². The summed E-state index contributed by atoms with van der Waals surface area (Å²) in [6, 6.07) is -3.67. The highest BCUT2D eigenvalue weighted by molar-refractivity contribution is 5.95. The van der Waals surface area contributed by atoms with E-state index >= 15 is 0 Å². The molecule has 0 aromatic rings. The normalized spacial score (nSPS) is 22.3. The van der Waals surface area contributed by atoms with Crippen molar-refractivity contribution in [1.82, 2.24) is 31.5 Å². The molecule has 0 radical (unpaired) electrons. The van der Waals surface area contributed by atoms with Crippen molar-refractivity contribution in [3.63, 3.8) is 0 Å². The van der Waals surface area contributed by atoms with Crippen molar-refractivity contribution in [2.75, 3.05) is 13.6 Å². The Bertz CT molecular complexity index is 974. The van der Waals surface area contributed by atoms with Crippen LogP contribution in [0.3, 0.4) is 0 Å². The van der Waals surface area contributed by atoms with Gasteiger partial charge in [-0.1, -0.05) is 53.4 Å². The van der Waals surface area contributed by atoms with Gasteiger partial charge in [-0.2, -0.15) is 0 Å². The number of rotatable bonds is 12. The second kappa shape index (κ2) is 15.0. The van der Waals surface area contributed by atoms with E-state index in [1.165, 1.54) is 4.90 Å². The quantitative estimate of drug-likeness (QED) is 0.200. The van der Waals surface area contributed by atoms with E-state index in [4.69, 9.17) is 0 Å². The molecule has 12 nitrogen and oxygen atoms in total. The molecule has 1 unspecified atom stereocenters. The van der Waals surface area contributed by atoms with E-state index in [-0.39, 0.29) is 17.9 Å². The molecule has 0 spiro atoms. The molecule has 1 aliphatic heterocycles. The molecular weight excluding hydrogens is 540 g/mol. The van der Waals surface area contributed by atoms with Crippen LogP contribution in [0, 0.1) is 11.3 Å². The molecular formula is C30H52N6O6. The lowest BCUT2D eigenvalue weighted by atomic mass is 9.82. The molecule has 0 bridgehead atoms. The molecule has 6 amide bonds. The Morgan fingerprint density at radius 1 is 0.857 bits per heavy atom. The average molecular weight is 593 g/mol. The van der Waals surface area contributed by atoms with Gasteiger partial charge in [-0.3, -0.25) is 19.2 Å². The van der Waals surface area contributed by atoms with E-state index in [0.717, 1.165) is 44.9 Å². The van der Waals surface area contributed by atoms with Crippen molar-refractivity contribution in [1.29, 1.82) is 0 Å². The zero-order chi connectivity index (χ0) is 31.0. The first-order valence-corrected chi connectivity index (χ1v) is 15.7. The molecule has 3 rings (SSSR count). The maximum Gasteiger partial charge on any atom is 0.318 e. The molecule has 0 aromatic carbocycles. The minimum absolute atomic E-state index is 0.0331. The highest BCUT2D eigenvalue weighted by Gasteiger charge is 2.42. The summed E-state index contributed by atoms with van der Waals surface area (Å²) >= 11 is 0. The molecule has 5 atom stereocenters. The van der Waals surface area contributed by atoms with E-state index in [0.29, 0.717) is 32.2 Å². The zero-order valence-corrected chi connectivity index (χ0v) is 26.0. The number of likely N-dealkylation sites (N-methyl/N-ethyl adjacent to an activating group) is 1. The predicted molar refractivity (Wildman–Crippen MR) is 158 cm³/mol. The minimum atomic E-state index is -1.39. The lowest BCUT2D eigenvalue weighted by Gasteiger charge is -2.36. The van der Waals surface area contributed by atoms with Crippen LogP contribution in [0.1, 0.15) is 98.3 Å². The van der Waals surface area contributed by atoms with E-state index in [9.17, 15) is 29.1 Å². The summed E-state index contributed by atoms with van der Waals surface area (Å²) in [5.41, 5.74) is -0.670. The summed E-state index contributed by atoms with van der Waals surface area (Å²) in [6.07, 6.45) is 7.27. The Balaban J connectivity index is 1.68. The number of carbonyl (C=O) groups is 5. The zero-order valence-electron chi connectivity index (χ0n) is 26.0. The Morgan fingerprint density at radius 2 is 1.52 bits per heavy atom. The number of carbonyl (C=O) groups excluding carboxylic acids is 5. The van der Waals surface area contributed by atoms with Gasteiger partial charge in [-0.15, -0.1) is 0 Å². The third-order valence-corrected chi connectivity index (χ3v) is 8.66. The van der Waals surface area contributed by atoms with Gasteiger partial charge >= 0.3 is 6.03 Å². The monoisotopic (exact) mass is 592 g/mol. The highest BCUT2D eigenvalue weighted by atomic mass is 16.3. The van der Waals surface area contributed by atoms with Gasteiger partial charge in [0.1, 0.15) is 18.1 Å². The van der Waals surface area contributed by atoms with E-state index < -0.39 is 59.4 Å². The number of urea groups is 1. The van der Waals surface area contributed by atoms with E-state index in [1.807, 2.05) is 27.7 Å². The molecule has 2 aliphatic carbocycles. The number of hydrogen-bond donors (Lipinski definition) is 6. The molecule has 238 valence electrons. The molecule has 0 aromatic heterocycles. The lowest BCUT2D eigenvalue weighted by molar-refractivity contribution is -0.136. The van der Waals surface area contributed by atoms with E-state index in [2.05, 4.69) is 26.6 Å². The van der Waals surface area contributed by atoms with Gasteiger partial charge in [0.15, 0.2) is 6.10 Å². The lowest BCUT2D eigenvalue weighted by Crippen LogP contribution is -2.62. The van der Waals surface area contributed by atoms with Crippen molar-refractivity contribution in [3.8, 4) is 0 Å². The summed E-state index contributed by atoms with van der Waals surface area (Å²) in [6.45, 7) is 7.76. The van der Waals surface area contributed by atoms with Gasteiger partial charge in [0.2, 0.25) is 17.7 Å². The van der Waals surface area contributed by atoms with Gasteiger partial charge in [-0.25, -0.2) is 4.79 Å². The molecule has 3 fully saturated rings. The van der Waals surface area contributed by atoms with Crippen LogP contribution in [-0.4, -0.2) is 89.6 Å². The fraction of sp³-hybridized carbons (Fsp3) is 0.833. The summed E-state index contributed by atoms with van der Waals surface area (Å²) in [5.74, 6) is -1.61. The van der Waals surface area contributed by atoms with Crippen LogP contribution in [0.5, 0.6) is 0 Å². The molecule has 2 saturated carbocycles. The summed E-state index contributed by atoms with van der Waals surface area (Å²) in [4.78, 5) is 67.1. The SMILES string of the molecule is CCC[C@H](NC(=O)N1CCC[C@@H]1C(=O)N[C@H](C(=O)N[C@H](C(=O)NC)C1CCCCC1)C(C)(C)C)C(O)C(=O)NC1CC1. The first-order chi connectivity index (χ1) is 19.9. The van der Waals surface area contributed by atoms with Crippen LogP contribution in [0.4, 0.5) is 4.79 Å². The number of likely N-dealkylation sites (tertiary alicyclic amines) is 1. The topological polar surface area (TPSA) is 169 Å². The van der Waals surface area contributed by atoms with Crippen LogP contribution in [0.15, 0.2) is 0 Å². The van der Waals surface area contributed by atoms with Crippen molar-refractivity contribution in [2.24, 2.45) is 11.3 Å². The highest BCUT2D eigenvalue weighted by Crippen LogP contribution is 2.28. The second-order valence-corrected chi connectivity index (χ2v) is 13.2. The van der Waals surface area contributed by atoms with Gasteiger partial charge < -0.3 is 36.6 Å². The Morgan fingerprint density at radius 3 is 2.10 bits per heavy atom. The number of nitrogens with one attached hydrogen (secondary N) is 5. The Kier molecular flexibility index (Phi) is 12.0. The number of aliphatic hydroxyl groups excluding tert-OH is 1. The Hall–Kier alpha value is -2.89. The van der Waals surface area contributed by atoms with Crippen molar-refractivity contribution >= 4 is 29.7 Å². The Labute approximate surface area is 249 Å². The summed E-state index contributed by atoms with van der Waals surface area (Å²) in [7, 11) is 1.55. The third-order valence-electron chi connectivity index (χ3n) is 8.66. The van der Waals surface area contributed by atoms with Crippen molar-refractivity contribution in [2.45, 2.75) is 135 Å².